The molecule has 0 radical (unpaired) electrons. The van der Waals surface area contributed by atoms with Crippen LogP contribution in [0.25, 0.3) is 32.3 Å². The summed E-state index contributed by atoms with van der Waals surface area (Å²) < 4.78 is 14.6. The Morgan fingerprint density at radius 1 is 0.257 bits per heavy atom. The van der Waals surface area contributed by atoms with Crippen molar-refractivity contribution in [1.29, 1.82) is 0 Å². The molecular formula is C66H40B2N2O2S2. The molecule has 0 amide bonds. The maximum Gasteiger partial charge on any atom is 0.253 e. The topological polar surface area (TPSA) is 24.9 Å². The predicted molar refractivity (Wildman–Crippen MR) is 312 cm³/mol. The van der Waals surface area contributed by atoms with Crippen LogP contribution >= 0.6 is 23.5 Å². The van der Waals surface area contributed by atoms with Crippen molar-refractivity contribution in [3.63, 3.8) is 0 Å². The molecule has 74 heavy (non-hydrogen) atoms. The van der Waals surface area contributed by atoms with Gasteiger partial charge in [-0.2, -0.15) is 0 Å². The van der Waals surface area contributed by atoms with Gasteiger partial charge in [0, 0.05) is 54.5 Å². The first-order chi connectivity index (χ1) is 36.7. The van der Waals surface area contributed by atoms with Gasteiger partial charge in [0.05, 0.1) is 11.4 Å². The minimum Gasteiger partial charge on any atom is -0.458 e. The molecule has 4 heterocycles. The van der Waals surface area contributed by atoms with E-state index in [4.69, 9.17) is 9.47 Å². The summed E-state index contributed by atoms with van der Waals surface area (Å²) in [5.74, 6) is 3.58. The molecule has 0 fully saturated rings. The number of para-hydroxylation sites is 4. The maximum atomic E-state index is 7.31. The molecular weight excluding hydrogens is 938 g/mol. The van der Waals surface area contributed by atoms with Crippen LogP contribution in [-0.2, 0) is 0 Å². The Balaban J connectivity index is 0.906. The lowest BCUT2D eigenvalue weighted by atomic mass is 9.35. The van der Waals surface area contributed by atoms with E-state index in [1.54, 1.807) is 0 Å². The zero-order chi connectivity index (χ0) is 48.4. The van der Waals surface area contributed by atoms with Gasteiger partial charge in [0.2, 0.25) is 0 Å². The molecule has 4 aliphatic heterocycles. The summed E-state index contributed by atoms with van der Waals surface area (Å²) >= 11 is 3.69. The van der Waals surface area contributed by atoms with Gasteiger partial charge in [-0.3, -0.25) is 0 Å². The van der Waals surface area contributed by atoms with E-state index in [2.05, 4.69) is 252 Å². The van der Waals surface area contributed by atoms with E-state index in [9.17, 15) is 0 Å². The van der Waals surface area contributed by atoms with Crippen molar-refractivity contribution in [1.82, 2.24) is 0 Å². The molecule has 12 aromatic rings. The first-order valence-electron chi connectivity index (χ1n) is 25.2. The monoisotopic (exact) mass is 978 g/mol. The normalized spacial score (nSPS) is 13.2. The summed E-state index contributed by atoms with van der Waals surface area (Å²) in [4.78, 5) is 9.63. The largest absolute Gasteiger partial charge is 0.458 e. The molecule has 344 valence electrons. The van der Waals surface area contributed by atoms with E-state index in [1.807, 2.05) is 23.5 Å². The highest BCUT2D eigenvalue weighted by atomic mass is 32.2. The summed E-state index contributed by atoms with van der Waals surface area (Å²) in [6, 6.07) is 88.2. The number of nitrogens with zero attached hydrogens (tertiary/aromatic N) is 2. The fourth-order valence-electron chi connectivity index (χ4n) is 12.3. The lowest BCUT2D eigenvalue weighted by Gasteiger charge is -2.35. The number of rotatable bonds is 6. The molecule has 0 aliphatic carbocycles. The third-order valence-corrected chi connectivity index (χ3v) is 17.7. The Kier molecular flexibility index (Phi) is 9.36. The highest BCUT2D eigenvalue weighted by molar-refractivity contribution is 8.00. The van der Waals surface area contributed by atoms with Gasteiger partial charge in [0.25, 0.3) is 13.4 Å². The molecule has 0 bridgehead atoms. The zero-order valence-electron chi connectivity index (χ0n) is 39.8. The van der Waals surface area contributed by atoms with Gasteiger partial charge >= 0.3 is 0 Å². The van der Waals surface area contributed by atoms with Crippen LogP contribution in [0, 0.1) is 0 Å². The molecule has 0 aromatic heterocycles. The molecule has 0 saturated carbocycles. The zero-order valence-corrected chi connectivity index (χ0v) is 41.4. The first-order valence-corrected chi connectivity index (χ1v) is 26.8. The van der Waals surface area contributed by atoms with Gasteiger partial charge < -0.3 is 19.3 Å². The Hall–Kier alpha value is -8.55. The van der Waals surface area contributed by atoms with E-state index in [0.717, 1.165) is 57.1 Å². The lowest BCUT2D eigenvalue weighted by molar-refractivity contribution is 0.487. The van der Waals surface area contributed by atoms with Gasteiger partial charge in [-0.1, -0.05) is 180 Å². The summed E-state index contributed by atoms with van der Waals surface area (Å²) in [6.45, 7) is -0.0532. The fraction of sp³-hybridized carbons (Fsp3) is 0. The number of ether oxygens (including phenoxy) is 2. The first kappa shape index (κ1) is 42.0. The second kappa shape index (κ2) is 16.5. The van der Waals surface area contributed by atoms with Crippen LogP contribution in [0.3, 0.4) is 0 Å². The Morgan fingerprint density at radius 2 is 0.595 bits per heavy atom. The number of hydrogen-bond acceptors (Lipinski definition) is 6. The lowest BCUT2D eigenvalue weighted by Crippen LogP contribution is -2.57. The van der Waals surface area contributed by atoms with Crippen molar-refractivity contribution in [3.8, 4) is 23.0 Å². The molecule has 4 nitrogen and oxygen atoms in total. The van der Waals surface area contributed by atoms with Crippen LogP contribution in [0.4, 0.5) is 34.1 Å². The highest BCUT2D eigenvalue weighted by Crippen LogP contribution is 2.48. The van der Waals surface area contributed by atoms with E-state index in [1.165, 1.54) is 84.7 Å². The standard InChI is InChI=1S/C66H40B2N2O2S2/c1-5-19-41(20-6-1)69(42-21-7-2-8-22-42)45-33-59-65-63(35-45)73-61-31-17-15-29-53(61)67(65)55-37-49-50-38-56-58(40-52(50)48-28-14-13-27-47(48)51(49)39-57(55)71-59)72-60-34-46(36-64-66(60)68(56)54-30-16-18-32-62(54)74-64)70(43-23-9-3-10-24-43)44-25-11-4-12-26-44/h1-40H. The average molecular weight is 979 g/mol. The SMILES string of the molecule is c1ccc(N(c2ccccc2)c2cc3c4c(c2)Sc2ccccc2B4c2cc4c(cc2O3)c2ccccc2c2cc3c(cc24)B2c4ccccc4Sc4cc(N(c5ccccc5)c5ccccc5)cc(c42)O3)cc1. The second-order valence-corrected chi connectivity index (χ2v) is 21.7. The van der Waals surface area contributed by atoms with Crippen molar-refractivity contribution >= 4 is 136 Å². The molecule has 8 heteroatoms. The van der Waals surface area contributed by atoms with Crippen molar-refractivity contribution in [3.05, 3.63) is 243 Å². The quantitative estimate of drug-likeness (QED) is 0.122. The van der Waals surface area contributed by atoms with Crippen molar-refractivity contribution in [2.24, 2.45) is 0 Å². The van der Waals surface area contributed by atoms with Crippen molar-refractivity contribution < 1.29 is 9.47 Å². The number of fused-ring (bicyclic) bond motifs is 14. The van der Waals surface area contributed by atoms with Crippen LogP contribution in [0.15, 0.2) is 262 Å². The Morgan fingerprint density at radius 3 is 0.986 bits per heavy atom. The fourth-order valence-corrected chi connectivity index (χ4v) is 14.7. The smallest absolute Gasteiger partial charge is 0.253 e. The van der Waals surface area contributed by atoms with Crippen LogP contribution in [0.1, 0.15) is 0 Å². The summed E-state index contributed by atoms with van der Waals surface area (Å²) in [5, 5.41) is 7.13. The van der Waals surface area contributed by atoms with Gasteiger partial charge in [0.1, 0.15) is 23.0 Å². The van der Waals surface area contributed by atoms with Gasteiger partial charge in [-0.05, 0) is 139 Å². The molecule has 12 aromatic carbocycles. The van der Waals surface area contributed by atoms with E-state index in [-0.39, 0.29) is 13.4 Å². The minimum absolute atomic E-state index is 0.0266. The molecule has 0 atom stereocenters. The molecule has 0 spiro atoms. The van der Waals surface area contributed by atoms with Crippen molar-refractivity contribution in [2.45, 2.75) is 19.6 Å². The molecule has 0 unspecified atom stereocenters. The summed E-state index contributed by atoms with van der Waals surface area (Å²) in [5.41, 5.74) is 13.9. The number of hydrogen-bond donors (Lipinski definition) is 0. The highest BCUT2D eigenvalue weighted by Gasteiger charge is 2.42. The second-order valence-electron chi connectivity index (χ2n) is 19.5. The van der Waals surface area contributed by atoms with Gasteiger partial charge in [-0.15, -0.1) is 0 Å². The molecule has 0 saturated heterocycles. The minimum atomic E-state index is -0.0266. The molecule has 16 rings (SSSR count). The van der Waals surface area contributed by atoms with E-state index >= 15 is 0 Å². The van der Waals surface area contributed by atoms with Gasteiger partial charge in [-0.25, -0.2) is 0 Å². The predicted octanol–water partition coefficient (Wildman–Crippen LogP) is 14.3. The third kappa shape index (κ3) is 6.41. The molecule has 0 N–H and O–H groups in total. The van der Waals surface area contributed by atoms with Crippen LogP contribution in [-0.4, -0.2) is 13.4 Å². The number of anilines is 6. The summed E-state index contributed by atoms with van der Waals surface area (Å²) in [7, 11) is 0. The maximum absolute atomic E-state index is 7.31. The third-order valence-electron chi connectivity index (χ3n) is 15.4. The molecule has 4 aliphatic rings. The van der Waals surface area contributed by atoms with Gasteiger partial charge in [0.15, 0.2) is 0 Å². The van der Waals surface area contributed by atoms with E-state index < -0.39 is 0 Å². The van der Waals surface area contributed by atoms with E-state index in [0.29, 0.717) is 0 Å². The summed E-state index contributed by atoms with van der Waals surface area (Å²) in [6.07, 6.45) is 0. The Labute approximate surface area is 438 Å². The average Bonchev–Trinajstić information content (AvgIpc) is 3.45. The van der Waals surface area contributed by atoms with Crippen LogP contribution in [0.2, 0.25) is 0 Å². The van der Waals surface area contributed by atoms with Crippen LogP contribution in [0.5, 0.6) is 23.0 Å². The Bertz CT molecular complexity index is 3940. The number of benzene rings is 12. The van der Waals surface area contributed by atoms with Crippen LogP contribution < -0.4 is 52.1 Å². The van der Waals surface area contributed by atoms with Crippen molar-refractivity contribution in [2.75, 3.05) is 9.80 Å².